The van der Waals surface area contributed by atoms with Crippen LogP contribution in [0.1, 0.15) is 19.7 Å². The summed E-state index contributed by atoms with van der Waals surface area (Å²) in [5.74, 6) is 0.959. The Morgan fingerprint density at radius 1 is 1.44 bits per heavy atom. The van der Waals surface area contributed by atoms with Crippen molar-refractivity contribution >= 4 is 0 Å². The van der Waals surface area contributed by atoms with Crippen molar-refractivity contribution in [3.05, 3.63) is 12.2 Å². The highest BCUT2D eigenvalue weighted by Gasteiger charge is 2.08. The summed E-state index contributed by atoms with van der Waals surface area (Å²) in [7, 11) is 1.94. The quantitative estimate of drug-likeness (QED) is 0.591. The van der Waals surface area contributed by atoms with Crippen LogP contribution in [0.25, 0.3) is 0 Å². The average molecular weight is 255 g/mol. The van der Waals surface area contributed by atoms with Gasteiger partial charge in [-0.3, -0.25) is 0 Å². The lowest BCUT2D eigenvalue weighted by Crippen LogP contribution is -2.38. The van der Waals surface area contributed by atoms with Crippen LogP contribution in [0.2, 0.25) is 0 Å². The molecule has 6 nitrogen and oxygen atoms in total. The number of aliphatic hydroxyl groups is 1. The first kappa shape index (κ1) is 15.1. The number of aryl methyl sites for hydroxylation is 1. The predicted octanol–water partition coefficient (Wildman–Crippen LogP) is -0.350. The van der Waals surface area contributed by atoms with Crippen LogP contribution in [-0.4, -0.2) is 63.6 Å². The minimum absolute atomic E-state index is 0.315. The molecule has 104 valence electrons. The molecule has 0 bridgehead atoms. The fourth-order valence-electron chi connectivity index (χ4n) is 1.85. The van der Waals surface area contributed by atoms with Gasteiger partial charge in [0.1, 0.15) is 12.2 Å². The maximum absolute atomic E-state index is 9.86. The van der Waals surface area contributed by atoms with Gasteiger partial charge in [-0.1, -0.05) is 13.8 Å². The Morgan fingerprint density at radius 2 is 2.17 bits per heavy atom. The van der Waals surface area contributed by atoms with E-state index in [2.05, 4.69) is 34.3 Å². The molecule has 0 saturated heterocycles. The Labute approximate surface area is 109 Å². The van der Waals surface area contributed by atoms with E-state index >= 15 is 0 Å². The molecule has 1 aromatic rings. The lowest BCUT2D eigenvalue weighted by atomic mass is 10.3. The third kappa shape index (κ3) is 5.12. The molecule has 0 radical (unpaired) electrons. The molecule has 1 aromatic heterocycles. The molecule has 0 aromatic carbocycles. The minimum atomic E-state index is -0.315. The van der Waals surface area contributed by atoms with Crippen LogP contribution in [0.4, 0.5) is 0 Å². The average Bonchev–Trinajstić information content (AvgIpc) is 2.77. The summed E-state index contributed by atoms with van der Waals surface area (Å²) in [6.07, 6.45) is 2.21. The van der Waals surface area contributed by atoms with Gasteiger partial charge in [-0.15, -0.1) is 10.2 Å². The second kappa shape index (κ2) is 8.18. The van der Waals surface area contributed by atoms with E-state index in [1.807, 2.05) is 11.6 Å². The van der Waals surface area contributed by atoms with Crippen molar-refractivity contribution in [1.29, 1.82) is 0 Å². The molecule has 0 amide bonds. The molecule has 0 aliphatic heterocycles. The zero-order chi connectivity index (χ0) is 13.4. The fourth-order valence-corrected chi connectivity index (χ4v) is 1.85. The van der Waals surface area contributed by atoms with E-state index < -0.39 is 0 Å². The van der Waals surface area contributed by atoms with Gasteiger partial charge in [0, 0.05) is 33.1 Å². The van der Waals surface area contributed by atoms with Crippen molar-refractivity contribution < 1.29 is 5.11 Å². The molecule has 0 aliphatic carbocycles. The van der Waals surface area contributed by atoms with Gasteiger partial charge in [-0.2, -0.15) is 0 Å². The number of nitrogens with zero attached hydrogens (tertiary/aromatic N) is 4. The summed E-state index contributed by atoms with van der Waals surface area (Å²) in [5, 5.41) is 20.9. The number of hydrogen-bond acceptors (Lipinski definition) is 5. The third-order valence-corrected chi connectivity index (χ3v) is 3.07. The number of hydrogen-bond donors (Lipinski definition) is 2. The minimum Gasteiger partial charge on any atom is -0.390 e. The van der Waals surface area contributed by atoms with E-state index in [0.29, 0.717) is 6.54 Å². The number of likely N-dealkylation sites (N-methyl/N-ethyl adjacent to an activating group) is 1. The molecular weight excluding hydrogens is 230 g/mol. The number of nitrogens with one attached hydrogen (secondary N) is 1. The van der Waals surface area contributed by atoms with Crippen LogP contribution in [-0.2, 0) is 13.5 Å². The molecule has 2 N–H and O–H groups in total. The Kier molecular flexibility index (Phi) is 6.85. The smallest absolute Gasteiger partial charge is 0.133 e. The van der Waals surface area contributed by atoms with Crippen molar-refractivity contribution in [2.45, 2.75) is 26.4 Å². The zero-order valence-electron chi connectivity index (χ0n) is 11.6. The molecule has 1 heterocycles. The Balaban J connectivity index is 2.12. The largest absolute Gasteiger partial charge is 0.390 e. The summed E-state index contributed by atoms with van der Waals surface area (Å²) < 4.78 is 1.91. The van der Waals surface area contributed by atoms with E-state index in [1.165, 1.54) is 0 Å². The first-order valence-corrected chi connectivity index (χ1v) is 6.61. The lowest BCUT2D eigenvalue weighted by molar-refractivity contribution is 0.117. The molecule has 18 heavy (non-hydrogen) atoms. The summed E-state index contributed by atoms with van der Waals surface area (Å²) in [4.78, 5) is 2.22. The third-order valence-electron chi connectivity index (χ3n) is 3.07. The summed E-state index contributed by atoms with van der Waals surface area (Å²) in [5.41, 5.74) is 0. The van der Waals surface area contributed by atoms with Crippen molar-refractivity contribution in [3.63, 3.8) is 0 Å². The number of aliphatic hydroxyl groups excluding tert-OH is 1. The molecular formula is C12H25N5O. The fraction of sp³-hybridized carbons (Fsp3) is 0.833. The SMILES string of the molecule is CCN(CC)CC(O)CNCCc1nncn1C. The van der Waals surface area contributed by atoms with E-state index in [0.717, 1.165) is 38.4 Å². The van der Waals surface area contributed by atoms with Gasteiger partial charge >= 0.3 is 0 Å². The maximum Gasteiger partial charge on any atom is 0.133 e. The molecule has 6 heteroatoms. The molecule has 0 saturated carbocycles. The molecule has 1 rings (SSSR count). The summed E-state index contributed by atoms with van der Waals surface area (Å²) in [6.45, 7) is 8.33. The van der Waals surface area contributed by atoms with Crippen LogP contribution in [0.15, 0.2) is 6.33 Å². The highest BCUT2D eigenvalue weighted by atomic mass is 16.3. The predicted molar refractivity (Wildman–Crippen MR) is 71.4 cm³/mol. The second-order valence-corrected chi connectivity index (χ2v) is 4.45. The standard InChI is InChI=1S/C12H25N5O/c1-4-17(5-2)9-11(18)8-13-7-6-12-15-14-10-16(12)3/h10-11,13,18H,4-9H2,1-3H3. The lowest BCUT2D eigenvalue weighted by Gasteiger charge is -2.22. The van der Waals surface area contributed by atoms with Crippen molar-refractivity contribution in [3.8, 4) is 0 Å². The second-order valence-electron chi connectivity index (χ2n) is 4.45. The molecule has 1 unspecified atom stereocenters. The van der Waals surface area contributed by atoms with Crippen LogP contribution in [0.5, 0.6) is 0 Å². The van der Waals surface area contributed by atoms with Crippen LogP contribution in [0, 0.1) is 0 Å². The first-order valence-electron chi connectivity index (χ1n) is 6.61. The van der Waals surface area contributed by atoms with Gasteiger partial charge < -0.3 is 19.9 Å². The summed E-state index contributed by atoms with van der Waals surface area (Å²) >= 11 is 0. The molecule has 0 aliphatic rings. The highest BCUT2D eigenvalue weighted by molar-refractivity contribution is 4.84. The van der Waals surface area contributed by atoms with Gasteiger partial charge in [0.25, 0.3) is 0 Å². The van der Waals surface area contributed by atoms with E-state index in [-0.39, 0.29) is 6.10 Å². The van der Waals surface area contributed by atoms with Gasteiger partial charge in [-0.05, 0) is 13.1 Å². The number of rotatable bonds is 9. The first-order chi connectivity index (χ1) is 8.67. The Hall–Kier alpha value is -0.980. The van der Waals surface area contributed by atoms with Crippen molar-refractivity contribution in [2.75, 3.05) is 32.7 Å². The topological polar surface area (TPSA) is 66.2 Å². The summed E-state index contributed by atoms with van der Waals surface area (Å²) in [6, 6.07) is 0. The van der Waals surface area contributed by atoms with Crippen LogP contribution in [0.3, 0.4) is 0 Å². The Morgan fingerprint density at radius 3 is 2.72 bits per heavy atom. The van der Waals surface area contributed by atoms with Gasteiger partial charge in [0.05, 0.1) is 6.10 Å². The molecule has 0 spiro atoms. The molecule has 0 fully saturated rings. The van der Waals surface area contributed by atoms with E-state index in [1.54, 1.807) is 6.33 Å². The molecule has 1 atom stereocenters. The van der Waals surface area contributed by atoms with Crippen LogP contribution >= 0.6 is 0 Å². The van der Waals surface area contributed by atoms with E-state index in [9.17, 15) is 5.11 Å². The Bertz CT molecular complexity index is 324. The monoisotopic (exact) mass is 255 g/mol. The van der Waals surface area contributed by atoms with E-state index in [4.69, 9.17) is 0 Å². The zero-order valence-corrected chi connectivity index (χ0v) is 11.6. The highest BCUT2D eigenvalue weighted by Crippen LogP contribution is 1.93. The maximum atomic E-state index is 9.86. The van der Waals surface area contributed by atoms with Gasteiger partial charge in [0.15, 0.2) is 0 Å². The van der Waals surface area contributed by atoms with Crippen molar-refractivity contribution in [2.24, 2.45) is 7.05 Å². The van der Waals surface area contributed by atoms with Gasteiger partial charge in [0.2, 0.25) is 0 Å². The number of aromatic nitrogens is 3. The van der Waals surface area contributed by atoms with Gasteiger partial charge in [-0.25, -0.2) is 0 Å². The van der Waals surface area contributed by atoms with Crippen molar-refractivity contribution in [1.82, 2.24) is 25.0 Å². The van der Waals surface area contributed by atoms with Crippen LogP contribution < -0.4 is 5.32 Å². The normalized spacial score (nSPS) is 13.2.